The quantitative estimate of drug-likeness (QED) is 0.788. The molecule has 98 valence electrons. The topological polar surface area (TPSA) is 35.0 Å². The first-order valence-corrected chi connectivity index (χ1v) is 6.48. The molecule has 0 aliphatic heterocycles. The molecule has 0 N–H and O–H groups in total. The molecule has 0 unspecified atom stereocenters. The van der Waals surface area contributed by atoms with E-state index in [4.69, 9.17) is 16.3 Å². The third-order valence-corrected chi connectivity index (χ3v) is 3.19. The smallest absolute Gasteiger partial charge is 0.224 e. The number of ether oxygens (including phenoxy) is 1. The van der Waals surface area contributed by atoms with E-state index in [-0.39, 0.29) is 5.82 Å². The summed E-state index contributed by atoms with van der Waals surface area (Å²) in [6.07, 6.45) is 2.16. The van der Waals surface area contributed by atoms with Crippen LogP contribution in [0.2, 0.25) is 5.15 Å². The lowest BCUT2D eigenvalue weighted by atomic mass is 10.2. The fourth-order valence-electron chi connectivity index (χ4n) is 1.75. The van der Waals surface area contributed by atoms with E-state index in [0.717, 1.165) is 12.8 Å². The Morgan fingerprint density at radius 1 is 1.26 bits per heavy atom. The summed E-state index contributed by atoms with van der Waals surface area (Å²) in [4.78, 5) is 8.47. The van der Waals surface area contributed by atoms with Crippen molar-refractivity contribution in [1.82, 2.24) is 9.97 Å². The maximum Gasteiger partial charge on any atom is 0.224 e. The van der Waals surface area contributed by atoms with Crippen molar-refractivity contribution in [3.8, 4) is 11.6 Å². The van der Waals surface area contributed by atoms with Crippen LogP contribution in [0.3, 0.4) is 0 Å². The molecular formula is C14H12ClFN2O. The number of aromatic nitrogens is 2. The summed E-state index contributed by atoms with van der Waals surface area (Å²) >= 11 is 5.94. The normalized spacial score (nSPS) is 14.5. The standard InChI is InChI=1S/C14H12ClFN2O/c1-8-2-5-10(6-11(8)16)19-13-7-12(15)17-14(18-13)9-3-4-9/h2,5-7,9H,3-4H2,1H3. The monoisotopic (exact) mass is 278 g/mol. The van der Waals surface area contributed by atoms with E-state index < -0.39 is 0 Å². The number of rotatable bonds is 3. The molecule has 1 aromatic heterocycles. The molecule has 0 radical (unpaired) electrons. The highest BCUT2D eigenvalue weighted by Crippen LogP contribution is 2.39. The van der Waals surface area contributed by atoms with Gasteiger partial charge in [0.15, 0.2) is 0 Å². The molecular weight excluding hydrogens is 267 g/mol. The summed E-state index contributed by atoms with van der Waals surface area (Å²) in [6.45, 7) is 1.70. The molecule has 0 atom stereocenters. The van der Waals surface area contributed by atoms with Gasteiger partial charge >= 0.3 is 0 Å². The first-order chi connectivity index (χ1) is 9.11. The van der Waals surface area contributed by atoms with Gasteiger partial charge in [-0.3, -0.25) is 0 Å². The maximum atomic E-state index is 13.4. The van der Waals surface area contributed by atoms with E-state index in [1.54, 1.807) is 19.1 Å². The molecule has 1 heterocycles. The van der Waals surface area contributed by atoms with Gasteiger partial charge in [0.1, 0.15) is 22.5 Å². The van der Waals surface area contributed by atoms with E-state index in [9.17, 15) is 4.39 Å². The van der Waals surface area contributed by atoms with Gasteiger partial charge in [-0.1, -0.05) is 17.7 Å². The van der Waals surface area contributed by atoms with Crippen molar-refractivity contribution in [2.24, 2.45) is 0 Å². The molecule has 3 nitrogen and oxygen atoms in total. The van der Waals surface area contributed by atoms with E-state index in [1.165, 1.54) is 12.1 Å². The van der Waals surface area contributed by atoms with E-state index in [1.807, 2.05) is 0 Å². The van der Waals surface area contributed by atoms with Crippen LogP contribution in [0.25, 0.3) is 0 Å². The highest BCUT2D eigenvalue weighted by Gasteiger charge is 2.27. The summed E-state index contributed by atoms with van der Waals surface area (Å²) in [6, 6.07) is 6.23. The molecule has 1 aliphatic carbocycles. The molecule has 2 aromatic rings. The van der Waals surface area contributed by atoms with Gasteiger partial charge in [-0.05, 0) is 31.4 Å². The highest BCUT2D eigenvalue weighted by molar-refractivity contribution is 6.29. The third-order valence-electron chi connectivity index (χ3n) is 3.00. The summed E-state index contributed by atoms with van der Waals surface area (Å²) in [5.41, 5.74) is 0.576. The van der Waals surface area contributed by atoms with Gasteiger partial charge in [0, 0.05) is 18.1 Å². The minimum Gasteiger partial charge on any atom is -0.439 e. The predicted molar refractivity (Wildman–Crippen MR) is 70.2 cm³/mol. The van der Waals surface area contributed by atoms with Crippen LogP contribution in [-0.2, 0) is 0 Å². The van der Waals surface area contributed by atoms with Crippen LogP contribution in [0, 0.1) is 12.7 Å². The van der Waals surface area contributed by atoms with Crippen molar-refractivity contribution < 1.29 is 9.13 Å². The zero-order chi connectivity index (χ0) is 13.4. The number of benzene rings is 1. The van der Waals surface area contributed by atoms with Crippen molar-refractivity contribution in [2.75, 3.05) is 0 Å². The van der Waals surface area contributed by atoms with Crippen LogP contribution < -0.4 is 4.74 Å². The second kappa shape index (κ2) is 4.78. The van der Waals surface area contributed by atoms with Gasteiger partial charge < -0.3 is 4.74 Å². The number of halogens is 2. The molecule has 1 aromatic carbocycles. The average Bonchev–Trinajstić information content (AvgIpc) is 3.17. The van der Waals surface area contributed by atoms with Crippen molar-refractivity contribution in [3.63, 3.8) is 0 Å². The predicted octanol–water partition coefficient (Wildman–Crippen LogP) is 4.25. The molecule has 1 fully saturated rings. The van der Waals surface area contributed by atoms with E-state index >= 15 is 0 Å². The number of hydrogen-bond acceptors (Lipinski definition) is 3. The lowest BCUT2D eigenvalue weighted by Crippen LogP contribution is -1.96. The molecule has 1 aliphatic rings. The fraction of sp³-hybridized carbons (Fsp3) is 0.286. The second-order valence-corrected chi connectivity index (χ2v) is 5.06. The average molecular weight is 279 g/mol. The van der Waals surface area contributed by atoms with Crippen molar-refractivity contribution >= 4 is 11.6 Å². The largest absolute Gasteiger partial charge is 0.439 e. The van der Waals surface area contributed by atoms with Crippen molar-refractivity contribution in [3.05, 3.63) is 46.6 Å². The Kier molecular flexibility index (Phi) is 3.11. The number of aryl methyl sites for hydroxylation is 1. The first-order valence-electron chi connectivity index (χ1n) is 6.10. The maximum absolute atomic E-state index is 13.4. The molecule has 0 saturated heterocycles. The van der Waals surface area contributed by atoms with Crippen molar-refractivity contribution in [1.29, 1.82) is 0 Å². The SMILES string of the molecule is Cc1ccc(Oc2cc(Cl)nc(C3CC3)n2)cc1F. The Morgan fingerprint density at radius 2 is 2.05 bits per heavy atom. The van der Waals surface area contributed by atoms with Crippen LogP contribution in [0.1, 0.15) is 30.1 Å². The Bertz CT molecular complexity index is 629. The summed E-state index contributed by atoms with van der Waals surface area (Å²) in [5.74, 6) is 1.54. The van der Waals surface area contributed by atoms with Gasteiger partial charge in [-0.15, -0.1) is 0 Å². The third kappa shape index (κ3) is 2.84. The van der Waals surface area contributed by atoms with Crippen LogP contribution >= 0.6 is 11.6 Å². The van der Waals surface area contributed by atoms with Gasteiger partial charge in [0.25, 0.3) is 0 Å². The van der Waals surface area contributed by atoms with Crippen LogP contribution in [0.5, 0.6) is 11.6 Å². The Labute approximate surface area is 115 Å². The number of hydrogen-bond donors (Lipinski definition) is 0. The van der Waals surface area contributed by atoms with E-state index in [2.05, 4.69) is 9.97 Å². The van der Waals surface area contributed by atoms with Crippen molar-refractivity contribution in [2.45, 2.75) is 25.7 Å². The minimum atomic E-state index is -0.305. The molecule has 0 bridgehead atoms. The van der Waals surface area contributed by atoms with Gasteiger partial charge in [-0.2, -0.15) is 4.98 Å². The zero-order valence-corrected chi connectivity index (χ0v) is 11.1. The molecule has 19 heavy (non-hydrogen) atoms. The summed E-state index contributed by atoms with van der Waals surface area (Å²) in [5, 5.41) is 0.347. The zero-order valence-electron chi connectivity index (χ0n) is 10.4. The second-order valence-electron chi connectivity index (χ2n) is 4.67. The molecule has 3 rings (SSSR count). The molecule has 0 spiro atoms. The highest BCUT2D eigenvalue weighted by atomic mass is 35.5. The summed E-state index contributed by atoms with van der Waals surface area (Å²) < 4.78 is 19.0. The van der Waals surface area contributed by atoms with E-state index in [0.29, 0.717) is 34.1 Å². The first kappa shape index (κ1) is 12.4. The van der Waals surface area contributed by atoms with Gasteiger partial charge in [0.05, 0.1) is 0 Å². The molecule has 5 heteroatoms. The Balaban J connectivity index is 1.87. The summed E-state index contributed by atoms with van der Waals surface area (Å²) in [7, 11) is 0. The van der Waals surface area contributed by atoms with Gasteiger partial charge in [-0.25, -0.2) is 9.37 Å². The van der Waals surface area contributed by atoms with Crippen LogP contribution in [0.4, 0.5) is 4.39 Å². The lowest BCUT2D eigenvalue weighted by molar-refractivity contribution is 0.453. The Morgan fingerprint density at radius 3 is 2.74 bits per heavy atom. The van der Waals surface area contributed by atoms with Crippen LogP contribution in [-0.4, -0.2) is 9.97 Å². The molecule has 0 amide bonds. The van der Waals surface area contributed by atoms with Crippen LogP contribution in [0.15, 0.2) is 24.3 Å². The lowest BCUT2D eigenvalue weighted by Gasteiger charge is -2.07. The molecule has 1 saturated carbocycles. The Hall–Kier alpha value is -1.68. The number of nitrogens with zero attached hydrogens (tertiary/aromatic N) is 2. The van der Waals surface area contributed by atoms with Gasteiger partial charge in [0.2, 0.25) is 5.88 Å². The fourth-order valence-corrected chi connectivity index (χ4v) is 1.93. The minimum absolute atomic E-state index is 0.305.